The summed E-state index contributed by atoms with van der Waals surface area (Å²) in [6.07, 6.45) is 1.00. The molecular formula is C16H27NO2. The van der Waals surface area contributed by atoms with E-state index < -0.39 is 0 Å². The van der Waals surface area contributed by atoms with Gasteiger partial charge in [-0.2, -0.15) is 0 Å². The van der Waals surface area contributed by atoms with E-state index in [-0.39, 0.29) is 0 Å². The molecule has 1 aromatic carbocycles. The lowest BCUT2D eigenvalue weighted by molar-refractivity contribution is 0.280. The number of nitrogens with one attached hydrogen (secondary N) is 1. The number of methoxy groups -OCH3 is 1. The van der Waals surface area contributed by atoms with E-state index in [1.54, 1.807) is 7.11 Å². The Hall–Kier alpha value is -1.22. The maximum atomic E-state index is 5.77. The van der Waals surface area contributed by atoms with Gasteiger partial charge < -0.3 is 14.8 Å². The first kappa shape index (κ1) is 15.8. The van der Waals surface area contributed by atoms with Gasteiger partial charge in [-0.25, -0.2) is 0 Å². The first-order chi connectivity index (χ1) is 9.08. The van der Waals surface area contributed by atoms with Crippen molar-refractivity contribution in [3.63, 3.8) is 0 Å². The van der Waals surface area contributed by atoms with Crippen LogP contribution in [-0.2, 0) is 6.42 Å². The van der Waals surface area contributed by atoms with Crippen LogP contribution in [0.4, 0.5) is 0 Å². The number of hydrogen-bond donors (Lipinski definition) is 1. The summed E-state index contributed by atoms with van der Waals surface area (Å²) < 4.78 is 11.1. The van der Waals surface area contributed by atoms with Crippen LogP contribution in [0.5, 0.6) is 11.5 Å². The molecule has 0 aliphatic rings. The zero-order valence-electron chi connectivity index (χ0n) is 12.8. The molecule has 0 radical (unpaired) electrons. The van der Waals surface area contributed by atoms with E-state index in [2.05, 4.69) is 39.1 Å². The zero-order valence-corrected chi connectivity index (χ0v) is 12.8. The topological polar surface area (TPSA) is 30.5 Å². The van der Waals surface area contributed by atoms with Crippen LogP contribution in [0, 0.1) is 5.92 Å². The van der Waals surface area contributed by atoms with Gasteiger partial charge in [0.05, 0.1) is 7.11 Å². The molecule has 108 valence electrons. The molecule has 0 heterocycles. The molecule has 1 aromatic rings. The molecule has 0 amide bonds. The SMILES string of the molecule is CCc1ccc(OCCNC(C)C(C)C)c(OC)c1. The molecule has 0 aliphatic carbocycles. The minimum atomic E-state index is 0.507. The molecule has 0 bridgehead atoms. The Labute approximate surface area is 117 Å². The second-order valence-electron chi connectivity index (χ2n) is 5.17. The van der Waals surface area contributed by atoms with E-state index in [0.29, 0.717) is 18.6 Å². The fraction of sp³-hybridized carbons (Fsp3) is 0.625. The molecule has 1 unspecified atom stereocenters. The molecule has 3 nitrogen and oxygen atoms in total. The van der Waals surface area contributed by atoms with Crippen LogP contribution in [0.3, 0.4) is 0 Å². The summed E-state index contributed by atoms with van der Waals surface area (Å²) in [5.41, 5.74) is 1.26. The van der Waals surface area contributed by atoms with Crippen LogP contribution in [0.25, 0.3) is 0 Å². The van der Waals surface area contributed by atoms with Gasteiger partial charge in [0, 0.05) is 12.6 Å². The van der Waals surface area contributed by atoms with Gasteiger partial charge in [0.15, 0.2) is 11.5 Å². The van der Waals surface area contributed by atoms with Gasteiger partial charge in [0.1, 0.15) is 6.61 Å². The summed E-state index contributed by atoms with van der Waals surface area (Å²) >= 11 is 0. The molecule has 0 aromatic heterocycles. The maximum absolute atomic E-state index is 5.77. The minimum Gasteiger partial charge on any atom is -0.493 e. The predicted octanol–water partition coefficient (Wildman–Crippen LogP) is 3.27. The van der Waals surface area contributed by atoms with Crippen molar-refractivity contribution >= 4 is 0 Å². The van der Waals surface area contributed by atoms with E-state index in [1.165, 1.54) is 5.56 Å². The highest BCUT2D eigenvalue weighted by atomic mass is 16.5. The number of rotatable bonds is 8. The van der Waals surface area contributed by atoms with Crippen molar-refractivity contribution in [3.05, 3.63) is 23.8 Å². The largest absolute Gasteiger partial charge is 0.493 e. The quantitative estimate of drug-likeness (QED) is 0.732. The normalized spacial score (nSPS) is 12.5. The van der Waals surface area contributed by atoms with Crippen LogP contribution in [0.1, 0.15) is 33.3 Å². The molecule has 0 aliphatic heterocycles. The maximum Gasteiger partial charge on any atom is 0.161 e. The minimum absolute atomic E-state index is 0.507. The number of benzene rings is 1. The van der Waals surface area contributed by atoms with E-state index in [1.807, 2.05) is 12.1 Å². The average Bonchev–Trinajstić information content (AvgIpc) is 2.43. The van der Waals surface area contributed by atoms with Crippen LogP contribution in [0.15, 0.2) is 18.2 Å². The zero-order chi connectivity index (χ0) is 14.3. The number of ether oxygens (including phenoxy) is 2. The lowest BCUT2D eigenvalue weighted by atomic mass is 10.1. The fourth-order valence-electron chi connectivity index (χ4n) is 1.73. The second kappa shape index (κ2) is 8.05. The summed E-state index contributed by atoms with van der Waals surface area (Å²) in [7, 11) is 1.68. The Bertz CT molecular complexity index is 377. The summed E-state index contributed by atoms with van der Waals surface area (Å²) in [6, 6.07) is 6.62. The summed E-state index contributed by atoms with van der Waals surface area (Å²) in [5.74, 6) is 2.27. The van der Waals surface area contributed by atoms with Crippen LogP contribution in [0.2, 0.25) is 0 Å². The highest BCUT2D eigenvalue weighted by Gasteiger charge is 2.07. The Morgan fingerprint density at radius 1 is 1.16 bits per heavy atom. The van der Waals surface area contributed by atoms with Gasteiger partial charge in [0.2, 0.25) is 0 Å². The molecule has 0 saturated carbocycles. The standard InChI is InChI=1S/C16H27NO2/c1-6-14-7-8-15(16(11-14)18-5)19-10-9-17-13(4)12(2)3/h7-8,11-13,17H,6,9-10H2,1-5H3. The first-order valence-electron chi connectivity index (χ1n) is 7.11. The molecule has 19 heavy (non-hydrogen) atoms. The average molecular weight is 265 g/mol. The second-order valence-corrected chi connectivity index (χ2v) is 5.17. The van der Waals surface area contributed by atoms with Crippen molar-refractivity contribution in [1.82, 2.24) is 5.32 Å². The van der Waals surface area contributed by atoms with Gasteiger partial charge >= 0.3 is 0 Å². The van der Waals surface area contributed by atoms with E-state index in [9.17, 15) is 0 Å². The summed E-state index contributed by atoms with van der Waals surface area (Å²) in [5, 5.41) is 3.45. The molecule has 0 fully saturated rings. The third-order valence-electron chi connectivity index (χ3n) is 3.46. The molecule has 1 rings (SSSR count). The Kier molecular flexibility index (Phi) is 6.71. The van der Waals surface area contributed by atoms with Gasteiger partial charge in [-0.15, -0.1) is 0 Å². The van der Waals surface area contributed by atoms with Gasteiger partial charge in [-0.1, -0.05) is 26.8 Å². The van der Waals surface area contributed by atoms with E-state index in [4.69, 9.17) is 9.47 Å². The van der Waals surface area contributed by atoms with Gasteiger partial charge in [0.25, 0.3) is 0 Å². The summed E-state index contributed by atoms with van der Waals surface area (Å²) in [6.45, 7) is 10.3. The lowest BCUT2D eigenvalue weighted by Gasteiger charge is -2.18. The summed E-state index contributed by atoms with van der Waals surface area (Å²) in [4.78, 5) is 0. The smallest absolute Gasteiger partial charge is 0.161 e. The predicted molar refractivity (Wildman–Crippen MR) is 80.2 cm³/mol. The van der Waals surface area contributed by atoms with Crippen molar-refractivity contribution in [2.24, 2.45) is 5.92 Å². The van der Waals surface area contributed by atoms with Gasteiger partial charge in [-0.3, -0.25) is 0 Å². The van der Waals surface area contributed by atoms with Crippen LogP contribution in [-0.4, -0.2) is 26.3 Å². The number of aryl methyl sites for hydroxylation is 1. The third kappa shape index (κ3) is 5.11. The van der Waals surface area contributed by atoms with Crippen molar-refractivity contribution < 1.29 is 9.47 Å². The fourth-order valence-corrected chi connectivity index (χ4v) is 1.73. The van der Waals surface area contributed by atoms with E-state index in [0.717, 1.165) is 24.5 Å². The molecule has 1 N–H and O–H groups in total. The van der Waals surface area contributed by atoms with Crippen molar-refractivity contribution in [1.29, 1.82) is 0 Å². The van der Waals surface area contributed by atoms with Crippen molar-refractivity contribution in [2.45, 2.75) is 40.2 Å². The van der Waals surface area contributed by atoms with Crippen LogP contribution >= 0.6 is 0 Å². The molecule has 0 saturated heterocycles. The first-order valence-corrected chi connectivity index (χ1v) is 7.11. The third-order valence-corrected chi connectivity index (χ3v) is 3.46. The Morgan fingerprint density at radius 3 is 2.47 bits per heavy atom. The highest BCUT2D eigenvalue weighted by Crippen LogP contribution is 2.28. The monoisotopic (exact) mass is 265 g/mol. The molecule has 1 atom stereocenters. The van der Waals surface area contributed by atoms with Gasteiger partial charge in [-0.05, 0) is 37.0 Å². The Balaban J connectivity index is 2.45. The highest BCUT2D eigenvalue weighted by molar-refractivity contribution is 5.42. The number of hydrogen-bond acceptors (Lipinski definition) is 3. The molecule has 0 spiro atoms. The van der Waals surface area contributed by atoms with Crippen molar-refractivity contribution in [2.75, 3.05) is 20.3 Å². The van der Waals surface area contributed by atoms with Crippen LogP contribution < -0.4 is 14.8 Å². The van der Waals surface area contributed by atoms with E-state index >= 15 is 0 Å². The lowest BCUT2D eigenvalue weighted by Crippen LogP contribution is -2.33. The Morgan fingerprint density at radius 2 is 1.89 bits per heavy atom. The van der Waals surface area contributed by atoms with Crippen molar-refractivity contribution in [3.8, 4) is 11.5 Å². The molecule has 3 heteroatoms. The molecular weight excluding hydrogens is 238 g/mol.